The van der Waals surface area contributed by atoms with Crippen molar-refractivity contribution in [2.24, 2.45) is 5.92 Å². The molecule has 0 aliphatic carbocycles. The van der Waals surface area contributed by atoms with Crippen molar-refractivity contribution in [1.82, 2.24) is 4.90 Å². The third-order valence-corrected chi connectivity index (χ3v) is 2.83. The van der Waals surface area contributed by atoms with Gasteiger partial charge in [-0.05, 0) is 6.92 Å². The number of carbonyl (C=O) groups is 2. The van der Waals surface area contributed by atoms with Gasteiger partial charge in [-0.25, -0.2) is 0 Å². The fraction of sp³-hybridized carbons (Fsp3) is 0.385. The molecule has 0 aliphatic heterocycles. The van der Waals surface area contributed by atoms with E-state index >= 15 is 0 Å². The topological polar surface area (TPSA) is 80.5 Å². The summed E-state index contributed by atoms with van der Waals surface area (Å²) in [6.07, 6.45) is 0. The minimum Gasteiger partial charge on any atom is -0.348 e. The molecule has 0 fully saturated rings. The van der Waals surface area contributed by atoms with Crippen molar-refractivity contribution in [3.05, 3.63) is 46.0 Å². The number of nitrogens with zero attached hydrogens (tertiary/aromatic N) is 2. The monoisotopic (exact) mass is 264 g/mol. The summed E-state index contributed by atoms with van der Waals surface area (Å²) in [7, 11) is 2.94. The first kappa shape index (κ1) is 14.8. The van der Waals surface area contributed by atoms with E-state index in [1.165, 1.54) is 25.9 Å². The number of nitro groups is 1. The summed E-state index contributed by atoms with van der Waals surface area (Å²) in [5.41, 5.74) is 0.350. The average molecular weight is 264 g/mol. The maximum atomic E-state index is 12.0. The van der Waals surface area contributed by atoms with Crippen LogP contribution < -0.4 is 0 Å². The van der Waals surface area contributed by atoms with Gasteiger partial charge in [0.05, 0.1) is 0 Å². The minimum atomic E-state index is -1.35. The Hall–Kier alpha value is -2.24. The fourth-order valence-corrected chi connectivity index (χ4v) is 1.90. The van der Waals surface area contributed by atoms with Crippen molar-refractivity contribution in [2.45, 2.75) is 13.0 Å². The van der Waals surface area contributed by atoms with Crippen LogP contribution in [0.15, 0.2) is 30.3 Å². The molecule has 0 heterocycles. The zero-order valence-corrected chi connectivity index (χ0v) is 11.1. The number of benzene rings is 1. The van der Waals surface area contributed by atoms with Gasteiger partial charge >= 0.3 is 0 Å². The van der Waals surface area contributed by atoms with Crippen LogP contribution in [0.5, 0.6) is 0 Å². The Kier molecular flexibility index (Phi) is 4.74. The lowest BCUT2D eigenvalue weighted by atomic mass is 9.89. The lowest BCUT2D eigenvalue weighted by Crippen LogP contribution is -2.40. The minimum absolute atomic E-state index is 0.350. The van der Waals surface area contributed by atoms with Crippen LogP contribution in [0.1, 0.15) is 18.5 Å². The Bertz CT molecular complexity index is 485. The van der Waals surface area contributed by atoms with Gasteiger partial charge in [-0.2, -0.15) is 0 Å². The van der Waals surface area contributed by atoms with Crippen LogP contribution in [0.25, 0.3) is 0 Å². The maximum absolute atomic E-state index is 12.0. The van der Waals surface area contributed by atoms with Crippen LogP contribution in [0.2, 0.25) is 0 Å². The van der Waals surface area contributed by atoms with Crippen LogP contribution in [0.4, 0.5) is 0 Å². The van der Waals surface area contributed by atoms with Crippen molar-refractivity contribution < 1.29 is 14.5 Å². The molecule has 1 rings (SSSR count). The van der Waals surface area contributed by atoms with Crippen molar-refractivity contribution in [3.8, 4) is 0 Å². The molecule has 0 saturated heterocycles. The van der Waals surface area contributed by atoms with Gasteiger partial charge in [0.25, 0.3) is 6.04 Å². The molecule has 19 heavy (non-hydrogen) atoms. The van der Waals surface area contributed by atoms with E-state index in [2.05, 4.69) is 0 Å². The van der Waals surface area contributed by atoms with Crippen molar-refractivity contribution in [1.29, 1.82) is 0 Å². The summed E-state index contributed by atoms with van der Waals surface area (Å²) in [5, 5.41) is 11.3. The average Bonchev–Trinajstić information content (AvgIpc) is 2.34. The number of ketones is 1. The summed E-state index contributed by atoms with van der Waals surface area (Å²) in [6.45, 7) is 1.20. The molecule has 0 spiro atoms. The summed E-state index contributed by atoms with van der Waals surface area (Å²) in [6, 6.07) is 6.75. The number of hydrogen-bond acceptors (Lipinski definition) is 4. The van der Waals surface area contributed by atoms with E-state index in [1.807, 2.05) is 0 Å². The van der Waals surface area contributed by atoms with Gasteiger partial charge in [0, 0.05) is 24.6 Å². The molecule has 0 bridgehead atoms. The Labute approximate surface area is 111 Å². The van der Waals surface area contributed by atoms with Gasteiger partial charge in [0.1, 0.15) is 5.78 Å². The van der Waals surface area contributed by atoms with E-state index in [0.29, 0.717) is 5.56 Å². The molecule has 6 heteroatoms. The Morgan fingerprint density at radius 1 is 1.21 bits per heavy atom. The second-order valence-corrected chi connectivity index (χ2v) is 4.46. The predicted molar refractivity (Wildman–Crippen MR) is 69.0 cm³/mol. The van der Waals surface area contributed by atoms with E-state index < -0.39 is 28.6 Å². The van der Waals surface area contributed by atoms with E-state index in [1.54, 1.807) is 30.3 Å². The van der Waals surface area contributed by atoms with E-state index in [-0.39, 0.29) is 0 Å². The predicted octanol–water partition coefficient (Wildman–Crippen LogP) is 1.30. The van der Waals surface area contributed by atoms with Gasteiger partial charge in [0.15, 0.2) is 5.92 Å². The van der Waals surface area contributed by atoms with Crippen LogP contribution in [0, 0.1) is 16.0 Å². The molecule has 2 atom stereocenters. The van der Waals surface area contributed by atoms with Crippen LogP contribution in [0.3, 0.4) is 0 Å². The Balaban J connectivity index is 3.26. The zero-order valence-electron chi connectivity index (χ0n) is 11.1. The van der Waals surface area contributed by atoms with Gasteiger partial charge in [-0.15, -0.1) is 0 Å². The second kappa shape index (κ2) is 6.08. The molecule has 1 unspecified atom stereocenters. The largest absolute Gasteiger partial charge is 0.348 e. The highest BCUT2D eigenvalue weighted by atomic mass is 16.6. The standard InChI is InChI=1S/C13H16N2O4/c1-9(16)11(13(17)14(2)3)12(15(18)19)10-7-5-4-6-8-10/h4-8,11-12H,1-3H3/t11?,12-/m1/s1. The first-order valence-corrected chi connectivity index (χ1v) is 5.76. The summed E-state index contributed by atoms with van der Waals surface area (Å²) >= 11 is 0. The highest BCUT2D eigenvalue weighted by molar-refractivity contribution is 6.00. The Morgan fingerprint density at radius 2 is 1.74 bits per heavy atom. The zero-order chi connectivity index (χ0) is 14.6. The van der Waals surface area contributed by atoms with Crippen molar-refractivity contribution in [2.75, 3.05) is 14.1 Å². The van der Waals surface area contributed by atoms with Crippen LogP contribution >= 0.6 is 0 Å². The van der Waals surface area contributed by atoms with Crippen molar-refractivity contribution >= 4 is 11.7 Å². The first-order valence-electron chi connectivity index (χ1n) is 5.76. The summed E-state index contributed by atoms with van der Waals surface area (Å²) < 4.78 is 0. The van der Waals surface area contributed by atoms with E-state index in [9.17, 15) is 19.7 Å². The molecule has 0 aliphatic rings. The number of rotatable bonds is 5. The fourth-order valence-electron chi connectivity index (χ4n) is 1.90. The van der Waals surface area contributed by atoms with E-state index in [0.717, 1.165) is 0 Å². The molecule has 1 aromatic carbocycles. The third kappa shape index (κ3) is 3.37. The molecule has 102 valence electrons. The number of Topliss-reactive ketones (excluding diaryl/α,β-unsaturated/α-hetero) is 1. The highest BCUT2D eigenvalue weighted by Crippen LogP contribution is 2.27. The number of hydrogen-bond donors (Lipinski definition) is 0. The number of amides is 1. The lowest BCUT2D eigenvalue weighted by Gasteiger charge is -2.21. The Morgan fingerprint density at radius 3 is 2.11 bits per heavy atom. The van der Waals surface area contributed by atoms with Crippen LogP contribution in [-0.4, -0.2) is 35.6 Å². The number of carbonyl (C=O) groups excluding carboxylic acids is 2. The van der Waals surface area contributed by atoms with Gasteiger partial charge < -0.3 is 4.90 Å². The highest BCUT2D eigenvalue weighted by Gasteiger charge is 2.42. The summed E-state index contributed by atoms with van der Waals surface area (Å²) in [5.74, 6) is -2.37. The normalized spacial score (nSPS) is 13.4. The smallest absolute Gasteiger partial charge is 0.256 e. The van der Waals surface area contributed by atoms with Gasteiger partial charge in [-0.3, -0.25) is 19.7 Å². The summed E-state index contributed by atoms with van der Waals surface area (Å²) in [4.78, 5) is 35.5. The van der Waals surface area contributed by atoms with Gasteiger partial charge in [0.2, 0.25) is 5.91 Å². The second-order valence-electron chi connectivity index (χ2n) is 4.46. The van der Waals surface area contributed by atoms with E-state index in [4.69, 9.17) is 0 Å². The molecule has 6 nitrogen and oxygen atoms in total. The maximum Gasteiger partial charge on any atom is 0.256 e. The van der Waals surface area contributed by atoms with Crippen LogP contribution in [-0.2, 0) is 9.59 Å². The van der Waals surface area contributed by atoms with Crippen molar-refractivity contribution in [3.63, 3.8) is 0 Å². The molecule has 0 N–H and O–H groups in total. The molecule has 1 aromatic rings. The molecule has 0 saturated carbocycles. The molecule has 0 aromatic heterocycles. The molecule has 0 radical (unpaired) electrons. The molecular weight excluding hydrogens is 248 g/mol. The quantitative estimate of drug-likeness (QED) is 0.456. The van der Waals surface area contributed by atoms with Gasteiger partial charge in [-0.1, -0.05) is 30.3 Å². The SMILES string of the molecule is CC(=O)C(C(=O)N(C)C)[C@@H](c1ccccc1)[N+](=O)[O-]. The lowest BCUT2D eigenvalue weighted by molar-refractivity contribution is -0.533. The third-order valence-electron chi connectivity index (χ3n) is 2.83. The molecule has 1 amide bonds. The first-order chi connectivity index (χ1) is 8.86. The molecular formula is C13H16N2O4.